The molecule has 0 aliphatic carbocycles. The highest BCUT2D eigenvalue weighted by Crippen LogP contribution is 2.22. The predicted molar refractivity (Wildman–Crippen MR) is 95.6 cm³/mol. The Hall–Kier alpha value is -3.08. The Morgan fingerprint density at radius 1 is 1.04 bits per heavy atom. The molecule has 1 N–H and O–H groups in total. The maximum atomic E-state index is 5.20. The second kappa shape index (κ2) is 5.85. The Bertz CT molecular complexity index is 1010. The van der Waals surface area contributed by atoms with Gasteiger partial charge >= 0.3 is 0 Å². The SMILES string of the molecule is COc1ccc(CNc2cc(C)nc3nc4ccccc4n23)cc1. The highest BCUT2D eigenvalue weighted by atomic mass is 16.5. The van der Waals surface area contributed by atoms with E-state index in [2.05, 4.69) is 37.9 Å². The smallest absolute Gasteiger partial charge is 0.236 e. The number of nitrogens with zero attached hydrogens (tertiary/aromatic N) is 3. The number of imidazole rings is 1. The van der Waals surface area contributed by atoms with Gasteiger partial charge in [-0.15, -0.1) is 0 Å². The molecule has 24 heavy (non-hydrogen) atoms. The fourth-order valence-electron chi connectivity index (χ4n) is 2.84. The molecule has 0 aliphatic heterocycles. The molecule has 120 valence electrons. The van der Waals surface area contributed by atoms with E-state index in [1.165, 1.54) is 5.56 Å². The molecular weight excluding hydrogens is 300 g/mol. The first-order chi connectivity index (χ1) is 11.7. The zero-order valence-electron chi connectivity index (χ0n) is 13.7. The standard InChI is InChI=1S/C19H18N4O/c1-13-11-18(20-12-14-7-9-15(24-2)10-8-14)23-17-6-4-3-5-16(17)22-19(23)21-13/h3-11,20H,12H2,1-2H3. The zero-order chi connectivity index (χ0) is 16.5. The van der Waals surface area contributed by atoms with Crippen molar-refractivity contribution in [3.05, 3.63) is 65.9 Å². The van der Waals surface area contributed by atoms with Crippen molar-refractivity contribution in [1.82, 2.24) is 14.4 Å². The van der Waals surface area contributed by atoms with Crippen molar-refractivity contribution < 1.29 is 4.74 Å². The van der Waals surface area contributed by atoms with Crippen molar-refractivity contribution in [2.24, 2.45) is 0 Å². The van der Waals surface area contributed by atoms with E-state index in [0.29, 0.717) is 5.78 Å². The largest absolute Gasteiger partial charge is 0.497 e. The van der Waals surface area contributed by atoms with Gasteiger partial charge in [0.1, 0.15) is 11.6 Å². The predicted octanol–water partition coefficient (Wildman–Crippen LogP) is 3.81. The van der Waals surface area contributed by atoms with Gasteiger partial charge in [-0.2, -0.15) is 0 Å². The summed E-state index contributed by atoms with van der Waals surface area (Å²) in [6.07, 6.45) is 0. The van der Waals surface area contributed by atoms with Crippen LogP contribution in [0.5, 0.6) is 5.75 Å². The van der Waals surface area contributed by atoms with Crippen LogP contribution in [0.3, 0.4) is 0 Å². The number of nitrogens with one attached hydrogen (secondary N) is 1. The molecule has 0 unspecified atom stereocenters. The van der Waals surface area contributed by atoms with E-state index in [4.69, 9.17) is 4.74 Å². The van der Waals surface area contributed by atoms with Crippen LogP contribution in [-0.4, -0.2) is 21.5 Å². The van der Waals surface area contributed by atoms with Gasteiger partial charge in [0.15, 0.2) is 0 Å². The van der Waals surface area contributed by atoms with Crippen LogP contribution in [-0.2, 0) is 6.54 Å². The van der Waals surface area contributed by atoms with Crippen LogP contribution < -0.4 is 10.1 Å². The number of para-hydroxylation sites is 2. The van der Waals surface area contributed by atoms with Crippen molar-refractivity contribution in [2.45, 2.75) is 13.5 Å². The highest BCUT2D eigenvalue weighted by Gasteiger charge is 2.10. The van der Waals surface area contributed by atoms with Crippen molar-refractivity contribution in [3.8, 4) is 5.75 Å². The van der Waals surface area contributed by atoms with Crippen LogP contribution in [0.4, 0.5) is 5.82 Å². The monoisotopic (exact) mass is 318 g/mol. The molecule has 0 spiro atoms. The first-order valence-corrected chi connectivity index (χ1v) is 7.86. The topological polar surface area (TPSA) is 51.5 Å². The van der Waals surface area contributed by atoms with Gasteiger partial charge in [-0.25, -0.2) is 9.97 Å². The first kappa shape index (κ1) is 14.5. The summed E-state index contributed by atoms with van der Waals surface area (Å²) >= 11 is 0. The molecule has 5 nitrogen and oxygen atoms in total. The lowest BCUT2D eigenvalue weighted by Crippen LogP contribution is -2.06. The van der Waals surface area contributed by atoms with E-state index in [9.17, 15) is 0 Å². The summed E-state index contributed by atoms with van der Waals surface area (Å²) in [5.74, 6) is 2.57. The van der Waals surface area contributed by atoms with Crippen molar-refractivity contribution in [1.29, 1.82) is 0 Å². The summed E-state index contributed by atoms with van der Waals surface area (Å²) in [7, 11) is 1.67. The first-order valence-electron chi connectivity index (χ1n) is 7.86. The van der Waals surface area contributed by atoms with Crippen LogP contribution in [0, 0.1) is 6.92 Å². The van der Waals surface area contributed by atoms with Gasteiger partial charge in [-0.3, -0.25) is 4.40 Å². The number of rotatable bonds is 4. The minimum absolute atomic E-state index is 0.716. The Kier molecular flexibility index (Phi) is 3.54. The molecule has 0 saturated carbocycles. The molecule has 4 rings (SSSR count). The van der Waals surface area contributed by atoms with E-state index >= 15 is 0 Å². The van der Waals surface area contributed by atoms with E-state index in [1.54, 1.807) is 7.11 Å². The molecule has 0 atom stereocenters. The lowest BCUT2D eigenvalue weighted by molar-refractivity contribution is 0.414. The molecule has 0 saturated heterocycles. The minimum atomic E-state index is 0.716. The molecule has 0 radical (unpaired) electrons. The summed E-state index contributed by atoms with van der Waals surface area (Å²) in [5.41, 5.74) is 4.12. The highest BCUT2D eigenvalue weighted by molar-refractivity contribution is 5.81. The summed E-state index contributed by atoms with van der Waals surface area (Å²) in [5, 5.41) is 3.50. The summed E-state index contributed by atoms with van der Waals surface area (Å²) in [6, 6.07) is 18.2. The van der Waals surface area contributed by atoms with Gasteiger partial charge in [-0.05, 0) is 36.8 Å². The van der Waals surface area contributed by atoms with Crippen LogP contribution in [0.2, 0.25) is 0 Å². The molecule has 0 aliphatic rings. The Balaban J connectivity index is 1.72. The van der Waals surface area contributed by atoms with Gasteiger partial charge in [0.2, 0.25) is 5.78 Å². The average Bonchev–Trinajstić information content (AvgIpc) is 2.98. The van der Waals surface area contributed by atoms with Gasteiger partial charge in [0.05, 0.1) is 18.1 Å². The van der Waals surface area contributed by atoms with Crippen LogP contribution in [0.1, 0.15) is 11.3 Å². The second-order valence-electron chi connectivity index (χ2n) is 5.72. The number of aryl methyl sites for hydroxylation is 1. The summed E-state index contributed by atoms with van der Waals surface area (Å²) in [4.78, 5) is 9.16. The number of hydrogen-bond donors (Lipinski definition) is 1. The third-order valence-corrected chi connectivity index (χ3v) is 4.04. The average molecular weight is 318 g/mol. The number of benzene rings is 2. The summed E-state index contributed by atoms with van der Waals surface area (Å²) < 4.78 is 7.26. The molecule has 2 heterocycles. The van der Waals surface area contributed by atoms with Gasteiger partial charge in [-0.1, -0.05) is 24.3 Å². The van der Waals surface area contributed by atoms with Gasteiger partial charge in [0.25, 0.3) is 0 Å². The molecule has 2 aromatic carbocycles. The number of hydrogen-bond acceptors (Lipinski definition) is 4. The fourth-order valence-corrected chi connectivity index (χ4v) is 2.84. The molecule has 2 aromatic heterocycles. The Labute approximate surface area is 139 Å². The number of anilines is 1. The zero-order valence-corrected chi connectivity index (χ0v) is 13.7. The molecule has 0 fully saturated rings. The fraction of sp³-hybridized carbons (Fsp3) is 0.158. The third-order valence-electron chi connectivity index (χ3n) is 4.04. The molecule has 0 bridgehead atoms. The van der Waals surface area contributed by atoms with Crippen molar-refractivity contribution >= 4 is 22.6 Å². The lowest BCUT2D eigenvalue weighted by Gasteiger charge is -2.11. The normalized spacial score (nSPS) is 11.1. The number of ether oxygens (including phenoxy) is 1. The summed E-state index contributed by atoms with van der Waals surface area (Å²) in [6.45, 7) is 2.70. The van der Waals surface area contributed by atoms with Crippen LogP contribution >= 0.6 is 0 Å². The van der Waals surface area contributed by atoms with E-state index < -0.39 is 0 Å². The van der Waals surface area contributed by atoms with E-state index in [0.717, 1.165) is 34.8 Å². The maximum Gasteiger partial charge on any atom is 0.236 e. The number of methoxy groups -OCH3 is 1. The van der Waals surface area contributed by atoms with Gasteiger partial charge < -0.3 is 10.1 Å². The number of aromatic nitrogens is 3. The van der Waals surface area contributed by atoms with Crippen molar-refractivity contribution in [3.63, 3.8) is 0 Å². The minimum Gasteiger partial charge on any atom is -0.497 e. The number of fused-ring (bicyclic) bond motifs is 3. The maximum absolute atomic E-state index is 5.20. The Morgan fingerprint density at radius 2 is 1.83 bits per heavy atom. The van der Waals surface area contributed by atoms with Gasteiger partial charge in [0, 0.05) is 18.3 Å². The molecule has 0 amide bonds. The molecule has 4 aromatic rings. The second-order valence-corrected chi connectivity index (χ2v) is 5.72. The van der Waals surface area contributed by atoms with Crippen LogP contribution in [0.15, 0.2) is 54.6 Å². The van der Waals surface area contributed by atoms with E-state index in [-0.39, 0.29) is 0 Å². The quantitative estimate of drug-likeness (QED) is 0.621. The lowest BCUT2D eigenvalue weighted by atomic mass is 10.2. The molecular formula is C19H18N4O. The third kappa shape index (κ3) is 2.54. The van der Waals surface area contributed by atoms with E-state index in [1.807, 2.05) is 43.3 Å². The molecule has 5 heteroatoms. The Morgan fingerprint density at radius 3 is 2.62 bits per heavy atom. The van der Waals surface area contributed by atoms with Crippen molar-refractivity contribution in [2.75, 3.05) is 12.4 Å². The van der Waals surface area contributed by atoms with Crippen LogP contribution in [0.25, 0.3) is 16.8 Å².